The van der Waals surface area contributed by atoms with Crippen LogP contribution in [0.3, 0.4) is 0 Å². The zero-order valence-corrected chi connectivity index (χ0v) is 16.3. The summed E-state index contributed by atoms with van der Waals surface area (Å²) in [5.41, 5.74) is -3.08. The van der Waals surface area contributed by atoms with Gasteiger partial charge in [0.15, 0.2) is 0 Å². The molecule has 3 heterocycles. The molecule has 4 rings (SSSR count). The number of aromatic nitrogens is 1. The van der Waals surface area contributed by atoms with Crippen molar-refractivity contribution in [2.75, 3.05) is 44.5 Å². The molecular weight excluding hydrogens is 403 g/mol. The van der Waals surface area contributed by atoms with Gasteiger partial charge in [0.05, 0.1) is 35.5 Å². The van der Waals surface area contributed by atoms with E-state index in [-0.39, 0.29) is 28.7 Å². The number of morpholine rings is 1. The van der Waals surface area contributed by atoms with Crippen molar-refractivity contribution in [1.82, 2.24) is 9.88 Å². The lowest BCUT2D eigenvalue weighted by atomic mass is 10.0. The first kappa shape index (κ1) is 20.7. The maximum absolute atomic E-state index is 15.0. The standard InChI is InChI=1S/C20H22F3N3O4/c1-20(9-21,10-22)26-6-12(19(28)29)18(27)11-4-13(23)16(5-15(11)26)25-7-14-17(8-25)30-3-2-24-14/h4-6,14,17,24H,2-3,7-10H2,1H3,(H,28,29)/t14-,17+/m0/s1. The summed E-state index contributed by atoms with van der Waals surface area (Å²) in [5.74, 6) is -2.26. The van der Waals surface area contributed by atoms with Crippen LogP contribution in [0.1, 0.15) is 17.3 Å². The number of carboxylic acids is 1. The summed E-state index contributed by atoms with van der Waals surface area (Å²) in [5, 5.41) is 12.4. The maximum Gasteiger partial charge on any atom is 0.341 e. The molecule has 0 aliphatic carbocycles. The average molecular weight is 425 g/mol. The number of carbonyl (C=O) groups is 1. The minimum absolute atomic E-state index is 0.0207. The molecule has 0 spiro atoms. The van der Waals surface area contributed by atoms with Gasteiger partial charge in [-0.3, -0.25) is 4.79 Å². The van der Waals surface area contributed by atoms with Crippen LogP contribution in [0.5, 0.6) is 0 Å². The summed E-state index contributed by atoms with van der Waals surface area (Å²) in [7, 11) is 0. The molecule has 2 N–H and O–H groups in total. The zero-order valence-electron chi connectivity index (χ0n) is 16.3. The third-order valence-electron chi connectivity index (χ3n) is 5.91. The lowest BCUT2D eigenvalue weighted by Crippen LogP contribution is -2.47. The van der Waals surface area contributed by atoms with Crippen LogP contribution >= 0.6 is 0 Å². The first-order chi connectivity index (χ1) is 14.3. The van der Waals surface area contributed by atoms with E-state index in [1.807, 2.05) is 0 Å². The van der Waals surface area contributed by atoms with E-state index in [1.165, 1.54) is 13.0 Å². The minimum atomic E-state index is -1.74. The molecule has 10 heteroatoms. The number of hydrogen-bond donors (Lipinski definition) is 2. The van der Waals surface area contributed by atoms with Crippen molar-refractivity contribution in [3.8, 4) is 0 Å². The lowest BCUT2D eigenvalue weighted by molar-refractivity contribution is 0.0212. The molecule has 0 radical (unpaired) electrons. The van der Waals surface area contributed by atoms with Gasteiger partial charge in [0.2, 0.25) is 5.43 Å². The van der Waals surface area contributed by atoms with Gasteiger partial charge in [0, 0.05) is 31.2 Å². The number of carboxylic acid groups (broad SMARTS) is 1. The topological polar surface area (TPSA) is 83.8 Å². The van der Waals surface area contributed by atoms with Gasteiger partial charge < -0.3 is 24.6 Å². The minimum Gasteiger partial charge on any atom is -0.477 e. The van der Waals surface area contributed by atoms with Crippen molar-refractivity contribution in [3.63, 3.8) is 0 Å². The predicted octanol–water partition coefficient (Wildman–Crippen LogP) is 1.67. The molecule has 162 valence electrons. The van der Waals surface area contributed by atoms with Crippen LogP contribution in [-0.4, -0.2) is 67.4 Å². The normalized spacial score (nSPS) is 21.8. The van der Waals surface area contributed by atoms with Crippen molar-refractivity contribution in [3.05, 3.63) is 39.9 Å². The van der Waals surface area contributed by atoms with Crippen LogP contribution in [-0.2, 0) is 10.3 Å². The van der Waals surface area contributed by atoms with E-state index in [2.05, 4.69) is 5.32 Å². The fourth-order valence-corrected chi connectivity index (χ4v) is 4.13. The number of nitrogens with one attached hydrogen (secondary N) is 1. The number of rotatable bonds is 5. The van der Waals surface area contributed by atoms with Crippen molar-refractivity contribution < 1.29 is 27.8 Å². The summed E-state index contributed by atoms with van der Waals surface area (Å²) < 4.78 is 49.4. The fourth-order valence-electron chi connectivity index (χ4n) is 4.13. The number of anilines is 1. The number of aromatic carboxylic acids is 1. The van der Waals surface area contributed by atoms with Gasteiger partial charge in [-0.15, -0.1) is 0 Å². The lowest BCUT2D eigenvalue weighted by Gasteiger charge is -2.29. The van der Waals surface area contributed by atoms with Crippen molar-refractivity contribution in [2.45, 2.75) is 24.6 Å². The van der Waals surface area contributed by atoms with E-state index >= 15 is 4.39 Å². The second kappa shape index (κ2) is 7.59. The average Bonchev–Trinajstić information content (AvgIpc) is 3.17. The third-order valence-corrected chi connectivity index (χ3v) is 5.91. The molecule has 2 aromatic rings. The Morgan fingerprint density at radius 3 is 2.70 bits per heavy atom. The quantitative estimate of drug-likeness (QED) is 0.759. The van der Waals surface area contributed by atoms with E-state index in [9.17, 15) is 23.5 Å². The second-order valence-corrected chi connectivity index (χ2v) is 8.01. The number of alkyl halides is 2. The molecule has 2 atom stereocenters. The van der Waals surface area contributed by atoms with Gasteiger partial charge in [0.25, 0.3) is 0 Å². The third kappa shape index (κ3) is 3.24. The summed E-state index contributed by atoms with van der Waals surface area (Å²) in [4.78, 5) is 25.9. The molecule has 2 fully saturated rings. The van der Waals surface area contributed by atoms with Gasteiger partial charge >= 0.3 is 5.97 Å². The van der Waals surface area contributed by atoms with Crippen LogP contribution in [0, 0.1) is 5.82 Å². The molecular formula is C20H22F3N3O4. The first-order valence-electron chi connectivity index (χ1n) is 9.63. The number of fused-ring (bicyclic) bond motifs is 2. The van der Waals surface area contributed by atoms with Crippen molar-refractivity contribution in [1.29, 1.82) is 0 Å². The van der Waals surface area contributed by atoms with Crippen LogP contribution < -0.4 is 15.6 Å². The Morgan fingerprint density at radius 2 is 2.07 bits per heavy atom. The summed E-state index contributed by atoms with van der Waals surface area (Å²) in [6.45, 7) is 1.12. The van der Waals surface area contributed by atoms with E-state index in [4.69, 9.17) is 4.74 Å². The molecule has 1 aromatic carbocycles. The van der Waals surface area contributed by atoms with Crippen LogP contribution in [0.4, 0.5) is 18.9 Å². The number of benzene rings is 1. The molecule has 0 bridgehead atoms. The highest BCUT2D eigenvalue weighted by atomic mass is 19.1. The Bertz CT molecular complexity index is 1040. The SMILES string of the molecule is CC(CF)(CF)n1cc(C(=O)O)c(=O)c2cc(F)c(N3C[C@@H]4NCCO[C@@H]4C3)cc21. The highest BCUT2D eigenvalue weighted by molar-refractivity contribution is 5.93. The largest absolute Gasteiger partial charge is 0.477 e. The second-order valence-electron chi connectivity index (χ2n) is 8.01. The highest BCUT2D eigenvalue weighted by Gasteiger charge is 2.37. The molecule has 7 nitrogen and oxygen atoms in total. The summed E-state index contributed by atoms with van der Waals surface area (Å²) >= 11 is 0. The molecule has 0 saturated carbocycles. The smallest absolute Gasteiger partial charge is 0.341 e. The molecule has 0 unspecified atom stereocenters. The van der Waals surface area contributed by atoms with Gasteiger partial charge in [-0.1, -0.05) is 0 Å². The van der Waals surface area contributed by atoms with Gasteiger partial charge in [-0.05, 0) is 19.1 Å². The molecule has 2 aliphatic rings. The summed E-state index contributed by atoms with van der Waals surface area (Å²) in [6, 6.07) is 2.33. The van der Waals surface area contributed by atoms with E-state index in [0.717, 1.165) is 16.8 Å². The Labute approximate surface area is 170 Å². The maximum atomic E-state index is 15.0. The van der Waals surface area contributed by atoms with Crippen molar-refractivity contribution in [2.24, 2.45) is 0 Å². The molecule has 30 heavy (non-hydrogen) atoms. The van der Waals surface area contributed by atoms with Crippen LogP contribution in [0.15, 0.2) is 23.1 Å². The number of ether oxygens (including phenoxy) is 1. The molecule has 2 saturated heterocycles. The van der Waals surface area contributed by atoms with E-state index < -0.39 is 41.7 Å². The monoisotopic (exact) mass is 425 g/mol. The van der Waals surface area contributed by atoms with Gasteiger partial charge in [0.1, 0.15) is 24.7 Å². The van der Waals surface area contributed by atoms with Crippen LogP contribution in [0.2, 0.25) is 0 Å². The van der Waals surface area contributed by atoms with E-state index in [0.29, 0.717) is 26.2 Å². The van der Waals surface area contributed by atoms with Gasteiger partial charge in [-0.2, -0.15) is 0 Å². The molecule has 0 amide bonds. The Morgan fingerprint density at radius 1 is 1.33 bits per heavy atom. The first-order valence-corrected chi connectivity index (χ1v) is 9.63. The number of nitrogens with zero attached hydrogens (tertiary/aromatic N) is 2. The Balaban J connectivity index is 1.91. The Kier molecular flexibility index (Phi) is 5.23. The highest BCUT2D eigenvalue weighted by Crippen LogP contribution is 2.32. The summed E-state index contributed by atoms with van der Waals surface area (Å²) in [6.07, 6.45) is 0.815. The van der Waals surface area contributed by atoms with Gasteiger partial charge in [-0.25, -0.2) is 18.0 Å². The molecule has 1 aromatic heterocycles. The van der Waals surface area contributed by atoms with Crippen molar-refractivity contribution >= 4 is 22.6 Å². The molecule has 2 aliphatic heterocycles. The van der Waals surface area contributed by atoms with E-state index in [1.54, 1.807) is 4.90 Å². The zero-order chi connectivity index (χ0) is 21.6. The van der Waals surface area contributed by atoms with Crippen LogP contribution in [0.25, 0.3) is 10.9 Å². The number of hydrogen-bond acceptors (Lipinski definition) is 5. The predicted molar refractivity (Wildman–Crippen MR) is 104 cm³/mol. The number of pyridine rings is 1. The Hall–Kier alpha value is -2.59. The fraction of sp³-hybridized carbons (Fsp3) is 0.500. The number of halogens is 3.